The van der Waals surface area contributed by atoms with Gasteiger partial charge >= 0.3 is 5.97 Å². The highest BCUT2D eigenvalue weighted by Crippen LogP contribution is 2.06. The van der Waals surface area contributed by atoms with Crippen LogP contribution in [-0.2, 0) is 4.79 Å². The van der Waals surface area contributed by atoms with Crippen LogP contribution in [-0.4, -0.2) is 32.8 Å². The zero-order valence-corrected chi connectivity index (χ0v) is 10.9. The lowest BCUT2D eigenvalue weighted by atomic mass is 10.1. The lowest BCUT2D eigenvalue weighted by Gasteiger charge is -2.12. The second-order valence-electron chi connectivity index (χ2n) is 4.46. The number of aromatic nitrogens is 2. The number of carboxylic acids is 1. The van der Waals surface area contributed by atoms with E-state index in [9.17, 15) is 9.59 Å². The Balaban J connectivity index is 2.71. The number of rotatable bonds is 6. The highest BCUT2D eigenvalue weighted by atomic mass is 16.4. The van der Waals surface area contributed by atoms with Crippen molar-refractivity contribution in [3.63, 3.8) is 0 Å². The van der Waals surface area contributed by atoms with Crippen LogP contribution >= 0.6 is 0 Å². The molecule has 6 heteroatoms. The van der Waals surface area contributed by atoms with Gasteiger partial charge in [-0.05, 0) is 20.3 Å². The standard InChI is InChI=1S/C12H19N3O3/c1-4-5-10(12(17)18)14-11(16)9-6-13-15(7-9)8(2)3/h6-8,10H,4-5H2,1-3H3,(H,14,16)(H,17,18). The molecule has 0 saturated heterocycles. The van der Waals surface area contributed by atoms with Gasteiger partial charge in [-0.15, -0.1) is 0 Å². The van der Waals surface area contributed by atoms with Crippen LogP contribution < -0.4 is 5.32 Å². The van der Waals surface area contributed by atoms with E-state index in [1.165, 1.54) is 6.20 Å². The Labute approximate surface area is 106 Å². The van der Waals surface area contributed by atoms with Crippen LogP contribution in [0, 0.1) is 0 Å². The van der Waals surface area contributed by atoms with Gasteiger partial charge in [0.2, 0.25) is 0 Å². The van der Waals surface area contributed by atoms with Crippen LogP contribution in [0.15, 0.2) is 12.4 Å². The number of carbonyl (C=O) groups is 2. The molecule has 0 aliphatic heterocycles. The van der Waals surface area contributed by atoms with Crippen LogP contribution in [0.1, 0.15) is 50.0 Å². The normalized spacial score (nSPS) is 12.4. The predicted octanol–water partition coefficient (Wildman–Crippen LogP) is 1.45. The molecular weight excluding hydrogens is 234 g/mol. The van der Waals surface area contributed by atoms with Crippen molar-refractivity contribution in [1.82, 2.24) is 15.1 Å². The van der Waals surface area contributed by atoms with Crippen molar-refractivity contribution in [3.8, 4) is 0 Å². The molecule has 1 amide bonds. The minimum absolute atomic E-state index is 0.164. The Bertz CT molecular complexity index is 426. The number of nitrogens with one attached hydrogen (secondary N) is 1. The number of hydrogen-bond donors (Lipinski definition) is 2. The first kappa shape index (κ1) is 14.2. The molecule has 0 fully saturated rings. The largest absolute Gasteiger partial charge is 0.480 e. The predicted molar refractivity (Wildman–Crippen MR) is 66.4 cm³/mol. The summed E-state index contributed by atoms with van der Waals surface area (Å²) in [5.74, 6) is -1.41. The summed E-state index contributed by atoms with van der Waals surface area (Å²) in [4.78, 5) is 22.8. The second-order valence-corrected chi connectivity index (χ2v) is 4.46. The molecular formula is C12H19N3O3. The number of amides is 1. The first-order valence-corrected chi connectivity index (χ1v) is 6.03. The Morgan fingerprint density at radius 2 is 2.17 bits per heavy atom. The van der Waals surface area contributed by atoms with E-state index in [-0.39, 0.29) is 6.04 Å². The van der Waals surface area contributed by atoms with Crippen LogP contribution in [0.25, 0.3) is 0 Å². The van der Waals surface area contributed by atoms with Crippen LogP contribution in [0.2, 0.25) is 0 Å². The van der Waals surface area contributed by atoms with Gasteiger partial charge in [-0.1, -0.05) is 13.3 Å². The molecule has 2 N–H and O–H groups in total. The minimum atomic E-state index is -1.01. The van der Waals surface area contributed by atoms with Crippen molar-refractivity contribution < 1.29 is 14.7 Å². The Kier molecular flexibility index (Phi) is 4.88. The smallest absolute Gasteiger partial charge is 0.326 e. The third kappa shape index (κ3) is 3.58. The van der Waals surface area contributed by atoms with Crippen molar-refractivity contribution >= 4 is 11.9 Å². The summed E-state index contributed by atoms with van der Waals surface area (Å²) in [6.07, 6.45) is 4.17. The fourth-order valence-corrected chi connectivity index (χ4v) is 1.53. The molecule has 0 saturated carbocycles. The fourth-order valence-electron chi connectivity index (χ4n) is 1.53. The van der Waals surface area contributed by atoms with Crippen LogP contribution in [0.4, 0.5) is 0 Å². The molecule has 0 aromatic carbocycles. The summed E-state index contributed by atoms with van der Waals surface area (Å²) in [5, 5.41) is 15.5. The quantitative estimate of drug-likeness (QED) is 0.803. The summed E-state index contributed by atoms with van der Waals surface area (Å²) in [7, 11) is 0. The highest BCUT2D eigenvalue weighted by molar-refractivity contribution is 5.96. The highest BCUT2D eigenvalue weighted by Gasteiger charge is 2.20. The maximum atomic E-state index is 11.8. The van der Waals surface area contributed by atoms with E-state index in [1.807, 2.05) is 20.8 Å². The van der Waals surface area contributed by atoms with E-state index in [1.54, 1.807) is 10.9 Å². The van der Waals surface area contributed by atoms with Crippen molar-refractivity contribution in [2.75, 3.05) is 0 Å². The molecule has 0 bridgehead atoms. The summed E-state index contributed by atoms with van der Waals surface area (Å²) < 4.78 is 1.66. The Morgan fingerprint density at radius 3 is 2.61 bits per heavy atom. The van der Waals surface area contributed by atoms with E-state index in [2.05, 4.69) is 10.4 Å². The van der Waals surface area contributed by atoms with E-state index in [0.717, 1.165) is 0 Å². The average Bonchev–Trinajstić information content (AvgIpc) is 2.77. The zero-order valence-electron chi connectivity index (χ0n) is 10.9. The molecule has 1 aromatic rings. The van der Waals surface area contributed by atoms with E-state index in [0.29, 0.717) is 18.4 Å². The number of aliphatic carboxylic acids is 1. The van der Waals surface area contributed by atoms with Crippen LogP contribution in [0.5, 0.6) is 0 Å². The molecule has 0 radical (unpaired) electrons. The van der Waals surface area contributed by atoms with Crippen molar-refractivity contribution in [3.05, 3.63) is 18.0 Å². The van der Waals surface area contributed by atoms with Crippen LogP contribution in [0.3, 0.4) is 0 Å². The second kappa shape index (κ2) is 6.18. The summed E-state index contributed by atoms with van der Waals surface area (Å²) in [6, 6.07) is -0.678. The van der Waals surface area contributed by atoms with Gasteiger partial charge in [0.25, 0.3) is 5.91 Å². The topological polar surface area (TPSA) is 84.2 Å². The maximum absolute atomic E-state index is 11.8. The molecule has 18 heavy (non-hydrogen) atoms. The number of hydrogen-bond acceptors (Lipinski definition) is 3. The van der Waals surface area contributed by atoms with Gasteiger partial charge in [-0.2, -0.15) is 5.10 Å². The van der Waals surface area contributed by atoms with Gasteiger partial charge in [0.05, 0.1) is 11.8 Å². The van der Waals surface area contributed by atoms with Gasteiger partial charge in [0, 0.05) is 12.2 Å². The number of carbonyl (C=O) groups excluding carboxylic acids is 1. The average molecular weight is 253 g/mol. The molecule has 1 unspecified atom stereocenters. The fraction of sp³-hybridized carbons (Fsp3) is 0.583. The maximum Gasteiger partial charge on any atom is 0.326 e. The third-order valence-electron chi connectivity index (χ3n) is 2.57. The van der Waals surface area contributed by atoms with Gasteiger partial charge in [-0.3, -0.25) is 9.48 Å². The van der Waals surface area contributed by atoms with E-state index >= 15 is 0 Å². The first-order valence-electron chi connectivity index (χ1n) is 6.03. The SMILES string of the molecule is CCCC(NC(=O)c1cnn(C(C)C)c1)C(=O)O. The summed E-state index contributed by atoms with van der Waals surface area (Å²) >= 11 is 0. The lowest BCUT2D eigenvalue weighted by molar-refractivity contribution is -0.139. The van der Waals surface area contributed by atoms with Gasteiger partial charge in [0.15, 0.2) is 0 Å². The molecule has 100 valence electrons. The third-order valence-corrected chi connectivity index (χ3v) is 2.57. The molecule has 6 nitrogen and oxygen atoms in total. The molecule has 1 rings (SSSR count). The molecule has 1 heterocycles. The molecule has 0 aliphatic carbocycles. The zero-order chi connectivity index (χ0) is 13.7. The molecule has 1 atom stereocenters. The van der Waals surface area contributed by atoms with Gasteiger partial charge in [-0.25, -0.2) is 4.79 Å². The minimum Gasteiger partial charge on any atom is -0.480 e. The van der Waals surface area contributed by atoms with Crippen molar-refractivity contribution in [1.29, 1.82) is 0 Å². The van der Waals surface area contributed by atoms with Gasteiger partial charge < -0.3 is 10.4 Å². The summed E-state index contributed by atoms with van der Waals surface area (Å²) in [6.45, 7) is 5.77. The molecule has 1 aromatic heterocycles. The first-order chi connectivity index (χ1) is 8.45. The monoisotopic (exact) mass is 253 g/mol. The van der Waals surface area contributed by atoms with E-state index in [4.69, 9.17) is 5.11 Å². The Hall–Kier alpha value is -1.85. The number of nitrogens with zero attached hydrogens (tertiary/aromatic N) is 2. The number of carboxylic acid groups (broad SMARTS) is 1. The Morgan fingerprint density at radius 1 is 1.50 bits per heavy atom. The summed E-state index contributed by atoms with van der Waals surface area (Å²) in [5.41, 5.74) is 0.381. The van der Waals surface area contributed by atoms with Gasteiger partial charge in [0.1, 0.15) is 6.04 Å². The molecule has 0 aliphatic rings. The van der Waals surface area contributed by atoms with E-state index < -0.39 is 17.9 Å². The molecule has 0 spiro atoms. The van der Waals surface area contributed by atoms with Crippen molar-refractivity contribution in [2.45, 2.75) is 45.7 Å². The van der Waals surface area contributed by atoms with Crippen molar-refractivity contribution in [2.24, 2.45) is 0 Å². The lowest BCUT2D eigenvalue weighted by Crippen LogP contribution is -2.40.